The van der Waals surface area contributed by atoms with Crippen molar-refractivity contribution in [3.8, 4) is 0 Å². The van der Waals surface area contributed by atoms with Crippen molar-refractivity contribution in [1.82, 2.24) is 0 Å². The molecule has 80 valence electrons. The predicted molar refractivity (Wildman–Crippen MR) is 65.0 cm³/mol. The molecule has 0 aromatic rings. The SMILES string of the molecule is OC1=CC=C2CC=C=CC2=CC(C2CC2)=C1. The van der Waals surface area contributed by atoms with Crippen molar-refractivity contribution >= 4 is 0 Å². The van der Waals surface area contributed by atoms with Crippen LogP contribution in [-0.2, 0) is 0 Å². The summed E-state index contributed by atoms with van der Waals surface area (Å²) in [6.45, 7) is 0. The molecule has 0 aromatic carbocycles. The summed E-state index contributed by atoms with van der Waals surface area (Å²) in [5.74, 6) is 1.02. The first kappa shape index (κ1) is 9.50. The molecule has 0 radical (unpaired) electrons. The highest BCUT2D eigenvalue weighted by molar-refractivity contribution is 5.51. The second-order valence-electron chi connectivity index (χ2n) is 4.52. The van der Waals surface area contributed by atoms with Crippen molar-refractivity contribution in [2.75, 3.05) is 0 Å². The number of allylic oxidation sites excluding steroid dienone is 8. The van der Waals surface area contributed by atoms with Crippen molar-refractivity contribution in [1.29, 1.82) is 0 Å². The van der Waals surface area contributed by atoms with E-state index in [0.717, 1.165) is 6.42 Å². The molecule has 0 unspecified atom stereocenters. The van der Waals surface area contributed by atoms with Crippen molar-refractivity contribution in [2.24, 2.45) is 5.92 Å². The summed E-state index contributed by atoms with van der Waals surface area (Å²) in [6, 6.07) is 0. The van der Waals surface area contributed by atoms with Crippen molar-refractivity contribution in [3.05, 3.63) is 64.7 Å². The van der Waals surface area contributed by atoms with Crippen LogP contribution < -0.4 is 0 Å². The molecule has 0 aromatic heterocycles. The highest BCUT2D eigenvalue weighted by atomic mass is 16.3. The minimum atomic E-state index is 0.364. The number of aliphatic hydroxyl groups is 1. The van der Waals surface area contributed by atoms with Gasteiger partial charge in [0.2, 0.25) is 0 Å². The lowest BCUT2D eigenvalue weighted by atomic mass is 9.94. The summed E-state index contributed by atoms with van der Waals surface area (Å²) in [5.41, 5.74) is 6.91. The molecular weight excluding hydrogens is 196 g/mol. The molecule has 1 nitrogen and oxygen atoms in total. The van der Waals surface area contributed by atoms with Crippen LogP contribution in [0.4, 0.5) is 0 Å². The Hall–Kier alpha value is -1.72. The van der Waals surface area contributed by atoms with E-state index in [-0.39, 0.29) is 0 Å². The maximum atomic E-state index is 9.73. The van der Waals surface area contributed by atoms with Gasteiger partial charge in [-0.05, 0) is 66.2 Å². The second-order valence-corrected chi connectivity index (χ2v) is 4.52. The maximum Gasteiger partial charge on any atom is 0.115 e. The topological polar surface area (TPSA) is 20.2 Å². The third-order valence-electron chi connectivity index (χ3n) is 3.19. The van der Waals surface area contributed by atoms with Crippen LogP contribution in [0.5, 0.6) is 0 Å². The Balaban J connectivity index is 2.07. The summed E-state index contributed by atoms with van der Waals surface area (Å²) in [6.07, 6.45) is 15.3. The molecule has 16 heavy (non-hydrogen) atoms. The molecular formula is C15H14O. The van der Waals surface area contributed by atoms with Gasteiger partial charge in [-0.15, -0.1) is 5.73 Å². The zero-order chi connectivity index (χ0) is 11.0. The first-order chi connectivity index (χ1) is 7.83. The first-order valence-electron chi connectivity index (χ1n) is 5.77. The number of hydrogen-bond donors (Lipinski definition) is 1. The van der Waals surface area contributed by atoms with Gasteiger partial charge in [-0.3, -0.25) is 0 Å². The van der Waals surface area contributed by atoms with Crippen LogP contribution >= 0.6 is 0 Å². The Morgan fingerprint density at radius 1 is 1.19 bits per heavy atom. The molecule has 1 N–H and O–H groups in total. The molecule has 0 atom stereocenters. The van der Waals surface area contributed by atoms with E-state index >= 15 is 0 Å². The standard InChI is InChI=1S/C15H14O/c16-15-8-7-11-3-1-2-4-13(11)9-14(10-15)12-5-6-12/h1,4,7-10,12,16H,3,5-6H2. The van der Waals surface area contributed by atoms with E-state index in [0.29, 0.717) is 11.7 Å². The molecule has 3 rings (SSSR count). The van der Waals surface area contributed by atoms with Crippen LogP contribution in [0.3, 0.4) is 0 Å². The molecule has 0 spiro atoms. The molecule has 3 aliphatic rings. The quantitative estimate of drug-likeness (QED) is 0.653. The molecule has 1 heteroatoms. The van der Waals surface area contributed by atoms with E-state index < -0.39 is 0 Å². The molecule has 1 saturated carbocycles. The van der Waals surface area contributed by atoms with Crippen LogP contribution in [0.15, 0.2) is 64.7 Å². The van der Waals surface area contributed by atoms with Gasteiger partial charge >= 0.3 is 0 Å². The average molecular weight is 210 g/mol. The second kappa shape index (κ2) is 3.70. The smallest absolute Gasteiger partial charge is 0.115 e. The van der Waals surface area contributed by atoms with Crippen LogP contribution in [0.25, 0.3) is 0 Å². The minimum absolute atomic E-state index is 0.364. The Kier molecular flexibility index (Phi) is 2.19. The van der Waals surface area contributed by atoms with Crippen LogP contribution in [0.1, 0.15) is 19.3 Å². The third-order valence-corrected chi connectivity index (χ3v) is 3.19. The maximum absolute atomic E-state index is 9.73. The summed E-state index contributed by atoms with van der Waals surface area (Å²) in [5, 5.41) is 9.73. The van der Waals surface area contributed by atoms with Gasteiger partial charge in [-0.1, -0.05) is 12.2 Å². The minimum Gasteiger partial charge on any atom is -0.508 e. The largest absolute Gasteiger partial charge is 0.508 e. The Morgan fingerprint density at radius 2 is 2.06 bits per heavy atom. The van der Waals surface area contributed by atoms with Crippen LogP contribution in [0.2, 0.25) is 0 Å². The van der Waals surface area contributed by atoms with Crippen molar-refractivity contribution in [3.63, 3.8) is 0 Å². The zero-order valence-electron chi connectivity index (χ0n) is 9.11. The van der Waals surface area contributed by atoms with Gasteiger partial charge in [0.05, 0.1) is 0 Å². The molecule has 0 aliphatic heterocycles. The highest BCUT2D eigenvalue weighted by Gasteiger charge is 2.25. The van der Waals surface area contributed by atoms with Crippen LogP contribution in [0, 0.1) is 5.92 Å². The number of rotatable bonds is 1. The number of hydrogen-bond acceptors (Lipinski definition) is 1. The Bertz CT molecular complexity index is 502. The number of aliphatic hydroxyl groups excluding tert-OH is 1. The van der Waals surface area contributed by atoms with Crippen molar-refractivity contribution in [2.45, 2.75) is 19.3 Å². The van der Waals surface area contributed by atoms with Gasteiger partial charge in [-0.2, -0.15) is 0 Å². The summed E-state index contributed by atoms with van der Waals surface area (Å²) in [4.78, 5) is 0. The lowest BCUT2D eigenvalue weighted by Gasteiger charge is -2.12. The molecule has 0 heterocycles. The normalized spacial score (nSPS) is 23.5. The predicted octanol–water partition coefficient (Wildman–Crippen LogP) is 3.75. The summed E-state index contributed by atoms with van der Waals surface area (Å²) < 4.78 is 0. The fourth-order valence-corrected chi connectivity index (χ4v) is 2.11. The molecule has 0 saturated heterocycles. The Morgan fingerprint density at radius 3 is 2.88 bits per heavy atom. The van der Waals surface area contributed by atoms with Gasteiger partial charge in [0.25, 0.3) is 0 Å². The van der Waals surface area contributed by atoms with E-state index in [1.54, 1.807) is 6.08 Å². The lowest BCUT2D eigenvalue weighted by molar-refractivity contribution is 0.431. The van der Waals surface area contributed by atoms with E-state index in [1.165, 1.54) is 29.6 Å². The third kappa shape index (κ3) is 1.82. The van der Waals surface area contributed by atoms with Gasteiger partial charge < -0.3 is 5.11 Å². The molecule has 0 bridgehead atoms. The molecule has 0 amide bonds. The average Bonchev–Trinajstić information content (AvgIpc) is 3.08. The fraction of sp³-hybridized carbons (Fsp3) is 0.267. The summed E-state index contributed by atoms with van der Waals surface area (Å²) >= 11 is 0. The lowest BCUT2D eigenvalue weighted by Crippen LogP contribution is -1.95. The Labute approximate surface area is 95.5 Å². The number of fused-ring (bicyclic) bond motifs is 1. The zero-order valence-corrected chi connectivity index (χ0v) is 9.11. The first-order valence-corrected chi connectivity index (χ1v) is 5.77. The van der Waals surface area contributed by atoms with Gasteiger partial charge in [0.1, 0.15) is 5.76 Å². The monoisotopic (exact) mass is 210 g/mol. The van der Waals surface area contributed by atoms with Gasteiger partial charge in [-0.25, -0.2) is 0 Å². The summed E-state index contributed by atoms with van der Waals surface area (Å²) in [7, 11) is 0. The van der Waals surface area contributed by atoms with Gasteiger partial charge in [0, 0.05) is 0 Å². The fourth-order valence-electron chi connectivity index (χ4n) is 2.11. The van der Waals surface area contributed by atoms with Crippen LogP contribution in [-0.4, -0.2) is 5.11 Å². The van der Waals surface area contributed by atoms with Gasteiger partial charge in [0.15, 0.2) is 0 Å². The van der Waals surface area contributed by atoms with E-state index in [9.17, 15) is 5.11 Å². The highest BCUT2D eigenvalue weighted by Crippen LogP contribution is 2.39. The molecule has 1 fully saturated rings. The van der Waals surface area contributed by atoms with E-state index in [4.69, 9.17) is 0 Å². The van der Waals surface area contributed by atoms with E-state index in [2.05, 4.69) is 11.8 Å². The molecule has 3 aliphatic carbocycles. The van der Waals surface area contributed by atoms with Crippen molar-refractivity contribution < 1.29 is 5.11 Å². The van der Waals surface area contributed by atoms with E-state index in [1.807, 2.05) is 24.3 Å².